The Morgan fingerprint density at radius 2 is 1.95 bits per heavy atom. The number of carbonyl (C=O) groups excluding carboxylic acids is 1. The zero-order chi connectivity index (χ0) is 15.4. The minimum absolute atomic E-state index is 0.0693. The molecule has 114 valence electrons. The van der Waals surface area contributed by atoms with E-state index in [0.717, 1.165) is 24.3 Å². The maximum absolute atomic E-state index is 12.6. The minimum Gasteiger partial charge on any atom is -0.392 e. The van der Waals surface area contributed by atoms with Crippen LogP contribution < -0.4 is 11.1 Å². The lowest BCUT2D eigenvalue weighted by molar-refractivity contribution is -0.122. The van der Waals surface area contributed by atoms with Gasteiger partial charge >= 0.3 is 0 Å². The molecule has 0 heterocycles. The molecule has 4 heteroatoms. The molecule has 1 aliphatic rings. The number of nitrogens with one attached hydrogen (secondary N) is 1. The summed E-state index contributed by atoms with van der Waals surface area (Å²) in [5.74, 6) is 0.641. The van der Waals surface area contributed by atoms with E-state index in [1.807, 2.05) is 30.3 Å². The molecule has 0 radical (unpaired) electrons. The van der Waals surface area contributed by atoms with E-state index in [-0.39, 0.29) is 16.9 Å². The van der Waals surface area contributed by atoms with Gasteiger partial charge in [-0.15, -0.1) is 0 Å². The molecular formula is C17H24N2OS. The van der Waals surface area contributed by atoms with Crippen LogP contribution in [0.3, 0.4) is 0 Å². The van der Waals surface area contributed by atoms with Gasteiger partial charge in [0.25, 0.3) is 0 Å². The van der Waals surface area contributed by atoms with Gasteiger partial charge in [-0.25, -0.2) is 0 Å². The summed E-state index contributed by atoms with van der Waals surface area (Å²) in [6.07, 6.45) is 3.36. The standard InChI is InChI=1S/C17H24N2OS/c1-11-8-9-14(12(2)10-11)19-17(20)15(16(18)21)13-6-4-3-5-7-13/h3-7,11-12,14-15H,8-10H2,1-2H3,(H2,18,21)(H,19,20). The van der Waals surface area contributed by atoms with Gasteiger partial charge in [0.05, 0.1) is 4.99 Å². The van der Waals surface area contributed by atoms with E-state index in [1.165, 1.54) is 6.42 Å². The van der Waals surface area contributed by atoms with Gasteiger partial charge in [0.2, 0.25) is 5.91 Å². The first-order valence-electron chi connectivity index (χ1n) is 7.63. The number of benzene rings is 1. The summed E-state index contributed by atoms with van der Waals surface area (Å²) in [6.45, 7) is 4.48. The van der Waals surface area contributed by atoms with E-state index < -0.39 is 5.92 Å². The molecule has 1 aromatic rings. The number of nitrogens with two attached hydrogens (primary N) is 1. The van der Waals surface area contributed by atoms with E-state index >= 15 is 0 Å². The van der Waals surface area contributed by atoms with Crippen LogP contribution in [0.25, 0.3) is 0 Å². The fourth-order valence-electron chi connectivity index (χ4n) is 3.24. The Morgan fingerprint density at radius 3 is 2.52 bits per heavy atom. The molecule has 0 bridgehead atoms. The summed E-state index contributed by atoms with van der Waals surface area (Å²) in [4.78, 5) is 12.8. The summed E-state index contributed by atoms with van der Waals surface area (Å²) in [6, 6.07) is 9.75. The molecule has 4 atom stereocenters. The molecule has 2 rings (SSSR count). The van der Waals surface area contributed by atoms with Crippen LogP contribution >= 0.6 is 12.2 Å². The molecular weight excluding hydrogens is 280 g/mol. The van der Waals surface area contributed by atoms with Crippen LogP contribution in [-0.2, 0) is 4.79 Å². The molecule has 0 aromatic heterocycles. The first kappa shape index (κ1) is 16.0. The highest BCUT2D eigenvalue weighted by Crippen LogP contribution is 2.29. The largest absolute Gasteiger partial charge is 0.392 e. The second-order valence-corrected chi connectivity index (χ2v) is 6.73. The zero-order valence-corrected chi connectivity index (χ0v) is 13.5. The van der Waals surface area contributed by atoms with E-state index in [4.69, 9.17) is 18.0 Å². The number of rotatable bonds is 4. The van der Waals surface area contributed by atoms with Crippen molar-refractivity contribution in [3.63, 3.8) is 0 Å². The van der Waals surface area contributed by atoms with E-state index in [2.05, 4.69) is 19.2 Å². The molecule has 0 saturated heterocycles. The third kappa shape index (κ3) is 4.03. The fraction of sp³-hybridized carbons (Fsp3) is 0.529. The average molecular weight is 304 g/mol. The molecule has 0 aliphatic heterocycles. The number of carbonyl (C=O) groups is 1. The highest BCUT2D eigenvalue weighted by molar-refractivity contribution is 7.80. The predicted molar refractivity (Wildman–Crippen MR) is 90.1 cm³/mol. The van der Waals surface area contributed by atoms with Crippen LogP contribution in [0.15, 0.2) is 30.3 Å². The van der Waals surface area contributed by atoms with Gasteiger partial charge in [0.15, 0.2) is 0 Å². The normalized spacial score (nSPS) is 26.9. The van der Waals surface area contributed by atoms with Crippen molar-refractivity contribution in [2.75, 3.05) is 0 Å². The summed E-state index contributed by atoms with van der Waals surface area (Å²) < 4.78 is 0. The summed E-state index contributed by atoms with van der Waals surface area (Å²) in [5, 5.41) is 3.16. The molecule has 4 unspecified atom stereocenters. The highest BCUT2D eigenvalue weighted by Gasteiger charge is 2.30. The maximum atomic E-state index is 12.6. The smallest absolute Gasteiger partial charge is 0.234 e. The molecule has 1 fully saturated rings. The Hall–Kier alpha value is -1.42. The van der Waals surface area contributed by atoms with Crippen LogP contribution in [0.2, 0.25) is 0 Å². The second-order valence-electron chi connectivity index (χ2n) is 6.26. The van der Waals surface area contributed by atoms with Crippen LogP contribution in [0.4, 0.5) is 0 Å². The number of amides is 1. The lowest BCUT2D eigenvalue weighted by Crippen LogP contribution is -2.46. The monoisotopic (exact) mass is 304 g/mol. The van der Waals surface area contributed by atoms with Crippen molar-refractivity contribution in [3.8, 4) is 0 Å². The molecule has 1 amide bonds. The third-order valence-corrected chi connectivity index (χ3v) is 4.67. The average Bonchev–Trinajstić information content (AvgIpc) is 2.43. The molecule has 21 heavy (non-hydrogen) atoms. The van der Waals surface area contributed by atoms with Gasteiger partial charge in [-0.05, 0) is 36.7 Å². The molecule has 3 N–H and O–H groups in total. The van der Waals surface area contributed by atoms with Crippen molar-refractivity contribution < 1.29 is 4.79 Å². The fourth-order valence-corrected chi connectivity index (χ4v) is 3.48. The molecule has 1 aliphatic carbocycles. The van der Waals surface area contributed by atoms with Gasteiger partial charge < -0.3 is 11.1 Å². The van der Waals surface area contributed by atoms with Crippen molar-refractivity contribution >= 4 is 23.1 Å². The Morgan fingerprint density at radius 1 is 1.29 bits per heavy atom. The Labute approximate surface area is 132 Å². The Bertz CT molecular complexity index is 503. The first-order chi connectivity index (χ1) is 9.99. The van der Waals surface area contributed by atoms with Crippen molar-refractivity contribution in [3.05, 3.63) is 35.9 Å². The van der Waals surface area contributed by atoms with Gasteiger partial charge in [-0.1, -0.05) is 56.4 Å². The van der Waals surface area contributed by atoms with Crippen LogP contribution in [0.1, 0.15) is 44.6 Å². The van der Waals surface area contributed by atoms with Gasteiger partial charge in [0, 0.05) is 6.04 Å². The number of hydrogen-bond donors (Lipinski definition) is 2. The van der Waals surface area contributed by atoms with Crippen LogP contribution in [-0.4, -0.2) is 16.9 Å². The van der Waals surface area contributed by atoms with E-state index in [9.17, 15) is 4.79 Å². The van der Waals surface area contributed by atoms with Crippen LogP contribution in [0, 0.1) is 11.8 Å². The van der Waals surface area contributed by atoms with Gasteiger partial charge in [0.1, 0.15) is 5.92 Å². The van der Waals surface area contributed by atoms with Gasteiger partial charge in [-0.2, -0.15) is 0 Å². The highest BCUT2D eigenvalue weighted by atomic mass is 32.1. The number of hydrogen-bond acceptors (Lipinski definition) is 2. The molecule has 1 aromatic carbocycles. The Kier molecular flexibility index (Phi) is 5.34. The third-order valence-electron chi connectivity index (χ3n) is 4.44. The van der Waals surface area contributed by atoms with E-state index in [1.54, 1.807) is 0 Å². The van der Waals surface area contributed by atoms with Crippen molar-refractivity contribution in [2.24, 2.45) is 17.6 Å². The minimum atomic E-state index is -0.534. The van der Waals surface area contributed by atoms with Gasteiger partial charge in [-0.3, -0.25) is 4.79 Å². The predicted octanol–water partition coefficient (Wildman–Crippen LogP) is 3.00. The quantitative estimate of drug-likeness (QED) is 0.841. The summed E-state index contributed by atoms with van der Waals surface area (Å²) in [5.41, 5.74) is 6.66. The Balaban J connectivity index is 2.08. The zero-order valence-electron chi connectivity index (χ0n) is 12.7. The van der Waals surface area contributed by atoms with E-state index in [0.29, 0.717) is 5.92 Å². The lowest BCUT2D eigenvalue weighted by Gasteiger charge is -2.34. The van der Waals surface area contributed by atoms with Crippen molar-refractivity contribution in [1.29, 1.82) is 0 Å². The lowest BCUT2D eigenvalue weighted by atomic mass is 9.79. The SMILES string of the molecule is CC1CCC(NC(=O)C(C(N)=S)c2ccccc2)C(C)C1. The molecule has 3 nitrogen and oxygen atoms in total. The molecule has 1 saturated carbocycles. The topological polar surface area (TPSA) is 55.1 Å². The summed E-state index contributed by atoms with van der Waals surface area (Å²) >= 11 is 5.11. The summed E-state index contributed by atoms with van der Waals surface area (Å²) in [7, 11) is 0. The molecule has 0 spiro atoms. The maximum Gasteiger partial charge on any atom is 0.234 e. The van der Waals surface area contributed by atoms with Crippen molar-refractivity contribution in [2.45, 2.75) is 45.1 Å². The number of thiocarbonyl (C=S) groups is 1. The van der Waals surface area contributed by atoms with Crippen LogP contribution in [0.5, 0.6) is 0 Å². The first-order valence-corrected chi connectivity index (χ1v) is 8.04. The van der Waals surface area contributed by atoms with Crippen molar-refractivity contribution in [1.82, 2.24) is 5.32 Å². The second kappa shape index (κ2) is 7.03.